The number of anilines is 1. The fraction of sp³-hybridized carbons (Fsp3) is 0.133. The fourth-order valence-corrected chi connectivity index (χ4v) is 3.34. The molecular weight excluding hydrogens is 348 g/mol. The summed E-state index contributed by atoms with van der Waals surface area (Å²) < 4.78 is 0. The molecule has 1 aromatic heterocycles. The number of aliphatic imine (C=N–C) groups is 1. The summed E-state index contributed by atoms with van der Waals surface area (Å²) in [6.45, 7) is 0. The molecule has 2 aromatic rings. The Kier molecular flexibility index (Phi) is 5.02. The highest BCUT2D eigenvalue weighted by molar-refractivity contribution is 8.14. The van der Waals surface area contributed by atoms with E-state index in [1.807, 2.05) is 35.7 Å². The van der Waals surface area contributed by atoms with Crippen molar-refractivity contribution in [2.24, 2.45) is 4.99 Å². The minimum Gasteiger partial charge on any atom is -0.305 e. The number of amides is 3. The largest absolute Gasteiger partial charge is 0.305 e. The van der Waals surface area contributed by atoms with Crippen LogP contribution in [0.2, 0.25) is 0 Å². The van der Waals surface area contributed by atoms with E-state index in [1.165, 1.54) is 11.3 Å². The molecule has 1 aromatic carbocycles. The van der Waals surface area contributed by atoms with E-state index in [0.29, 0.717) is 5.13 Å². The zero-order valence-electron chi connectivity index (χ0n) is 12.3. The van der Waals surface area contributed by atoms with Gasteiger partial charge in [-0.3, -0.25) is 14.4 Å². The predicted octanol–water partition coefficient (Wildman–Crippen LogP) is 1.88. The molecule has 0 fully saturated rings. The van der Waals surface area contributed by atoms with Gasteiger partial charge in [-0.25, -0.2) is 4.98 Å². The first-order valence-corrected chi connectivity index (χ1v) is 8.81. The SMILES string of the molecule is O=C1CC(=O)NC(SCC(=O)Nc2nc(-c3ccccc3)cs2)=N1. The van der Waals surface area contributed by atoms with E-state index in [4.69, 9.17) is 0 Å². The van der Waals surface area contributed by atoms with Gasteiger partial charge in [-0.2, -0.15) is 4.99 Å². The van der Waals surface area contributed by atoms with Crippen molar-refractivity contribution in [3.63, 3.8) is 0 Å². The van der Waals surface area contributed by atoms with E-state index in [9.17, 15) is 14.4 Å². The third-order valence-electron chi connectivity index (χ3n) is 2.94. The number of hydrogen-bond acceptors (Lipinski definition) is 6. The van der Waals surface area contributed by atoms with E-state index in [1.54, 1.807) is 0 Å². The Morgan fingerprint density at radius 3 is 2.83 bits per heavy atom. The van der Waals surface area contributed by atoms with Crippen LogP contribution in [0.3, 0.4) is 0 Å². The molecule has 0 bridgehead atoms. The van der Waals surface area contributed by atoms with Crippen molar-refractivity contribution >= 4 is 51.1 Å². The van der Waals surface area contributed by atoms with E-state index < -0.39 is 11.8 Å². The molecule has 122 valence electrons. The van der Waals surface area contributed by atoms with Gasteiger partial charge >= 0.3 is 0 Å². The van der Waals surface area contributed by atoms with Crippen molar-refractivity contribution in [2.45, 2.75) is 6.42 Å². The van der Waals surface area contributed by atoms with Crippen LogP contribution in [0.4, 0.5) is 5.13 Å². The number of carbonyl (C=O) groups excluding carboxylic acids is 3. The molecule has 3 rings (SSSR count). The summed E-state index contributed by atoms with van der Waals surface area (Å²) in [6.07, 6.45) is -0.252. The molecular formula is C15H12N4O3S2. The van der Waals surface area contributed by atoms with Crippen LogP contribution in [0.25, 0.3) is 11.3 Å². The van der Waals surface area contributed by atoms with Gasteiger partial charge in [0.1, 0.15) is 6.42 Å². The second kappa shape index (κ2) is 7.37. The number of carbonyl (C=O) groups is 3. The van der Waals surface area contributed by atoms with Crippen molar-refractivity contribution in [3.8, 4) is 11.3 Å². The molecule has 1 aliphatic heterocycles. The van der Waals surface area contributed by atoms with Gasteiger partial charge in [0.2, 0.25) is 11.8 Å². The minimum atomic E-state index is -0.505. The first kappa shape index (κ1) is 16.3. The van der Waals surface area contributed by atoms with E-state index >= 15 is 0 Å². The van der Waals surface area contributed by atoms with Crippen LogP contribution in [0, 0.1) is 0 Å². The summed E-state index contributed by atoms with van der Waals surface area (Å²) in [5.41, 5.74) is 1.76. The summed E-state index contributed by atoms with van der Waals surface area (Å²) in [7, 11) is 0. The monoisotopic (exact) mass is 360 g/mol. The standard InChI is InChI=1S/C15H12N4O3S2/c20-11-6-12(21)18-15(17-11)24-8-13(22)19-14-16-10(7-23-14)9-4-2-1-3-5-9/h1-5,7H,6,8H2,(H,16,19,22)(H,17,18,20,21). The molecule has 2 heterocycles. The van der Waals surface area contributed by atoms with Crippen LogP contribution in [0.1, 0.15) is 6.42 Å². The van der Waals surface area contributed by atoms with Crippen LogP contribution < -0.4 is 10.6 Å². The molecule has 0 unspecified atom stereocenters. The third kappa shape index (κ3) is 4.27. The lowest BCUT2D eigenvalue weighted by molar-refractivity contribution is -0.127. The van der Waals surface area contributed by atoms with Gasteiger partial charge in [0.25, 0.3) is 5.91 Å². The molecule has 1 aliphatic rings. The number of rotatable bonds is 4. The van der Waals surface area contributed by atoms with Crippen LogP contribution >= 0.6 is 23.1 Å². The topological polar surface area (TPSA) is 101 Å². The van der Waals surface area contributed by atoms with Gasteiger partial charge in [-0.1, -0.05) is 42.1 Å². The van der Waals surface area contributed by atoms with Crippen molar-refractivity contribution in [3.05, 3.63) is 35.7 Å². The fourth-order valence-electron chi connectivity index (χ4n) is 1.91. The average molecular weight is 360 g/mol. The smallest absolute Gasteiger partial charge is 0.257 e. The lowest BCUT2D eigenvalue weighted by atomic mass is 10.2. The summed E-state index contributed by atoms with van der Waals surface area (Å²) in [5.74, 6) is -1.18. The average Bonchev–Trinajstić information content (AvgIpc) is 3.01. The van der Waals surface area contributed by atoms with E-state index in [-0.39, 0.29) is 23.2 Å². The van der Waals surface area contributed by atoms with Crippen molar-refractivity contribution in [1.82, 2.24) is 10.3 Å². The highest BCUT2D eigenvalue weighted by Gasteiger charge is 2.19. The summed E-state index contributed by atoms with van der Waals surface area (Å²) in [4.78, 5) is 42.4. The molecule has 0 atom stereocenters. The van der Waals surface area contributed by atoms with E-state index in [0.717, 1.165) is 23.0 Å². The van der Waals surface area contributed by atoms with Crippen LogP contribution in [0.15, 0.2) is 40.7 Å². The second-order valence-corrected chi connectivity index (χ2v) is 6.60. The molecule has 9 heteroatoms. The Labute approximate surface area is 145 Å². The van der Waals surface area contributed by atoms with Gasteiger partial charge in [-0.05, 0) is 0 Å². The molecule has 0 aliphatic carbocycles. The number of aromatic nitrogens is 1. The molecule has 24 heavy (non-hydrogen) atoms. The van der Waals surface area contributed by atoms with Gasteiger partial charge in [0.05, 0.1) is 11.4 Å². The zero-order chi connectivity index (χ0) is 16.9. The van der Waals surface area contributed by atoms with Crippen molar-refractivity contribution < 1.29 is 14.4 Å². The normalized spacial score (nSPS) is 14.1. The molecule has 7 nitrogen and oxygen atoms in total. The number of nitrogens with one attached hydrogen (secondary N) is 2. The molecule has 3 amide bonds. The Bertz CT molecular complexity index is 817. The number of thioether (sulfide) groups is 1. The maximum atomic E-state index is 11.9. The first-order chi connectivity index (χ1) is 11.6. The van der Waals surface area contributed by atoms with Crippen LogP contribution in [-0.4, -0.2) is 33.6 Å². The summed E-state index contributed by atoms with van der Waals surface area (Å²) >= 11 is 2.33. The summed E-state index contributed by atoms with van der Waals surface area (Å²) in [6, 6.07) is 9.65. The van der Waals surface area contributed by atoms with Crippen LogP contribution in [-0.2, 0) is 14.4 Å². The third-order valence-corrected chi connectivity index (χ3v) is 4.58. The number of hydrogen-bond donors (Lipinski definition) is 2. The Hall–Kier alpha value is -2.52. The predicted molar refractivity (Wildman–Crippen MR) is 93.8 cm³/mol. The minimum absolute atomic E-state index is 0.0205. The molecule has 0 saturated heterocycles. The Morgan fingerprint density at radius 2 is 2.08 bits per heavy atom. The molecule has 2 N–H and O–H groups in total. The maximum absolute atomic E-state index is 11.9. The van der Waals surface area contributed by atoms with Crippen molar-refractivity contribution in [1.29, 1.82) is 0 Å². The molecule has 0 radical (unpaired) electrons. The highest BCUT2D eigenvalue weighted by atomic mass is 32.2. The van der Waals surface area contributed by atoms with Crippen LogP contribution in [0.5, 0.6) is 0 Å². The summed E-state index contributed by atoms with van der Waals surface area (Å²) in [5, 5.41) is 7.64. The number of nitrogens with zero attached hydrogens (tertiary/aromatic N) is 2. The quantitative estimate of drug-likeness (QED) is 0.811. The van der Waals surface area contributed by atoms with Crippen molar-refractivity contribution in [2.75, 3.05) is 11.1 Å². The highest BCUT2D eigenvalue weighted by Crippen LogP contribution is 2.24. The lowest BCUT2D eigenvalue weighted by Crippen LogP contribution is -2.35. The number of benzene rings is 1. The Balaban J connectivity index is 1.55. The van der Waals surface area contributed by atoms with E-state index in [2.05, 4.69) is 20.6 Å². The zero-order valence-corrected chi connectivity index (χ0v) is 13.9. The lowest BCUT2D eigenvalue weighted by Gasteiger charge is -2.11. The van der Waals surface area contributed by atoms with Gasteiger partial charge in [-0.15, -0.1) is 11.3 Å². The molecule has 0 saturated carbocycles. The van der Waals surface area contributed by atoms with Gasteiger partial charge in [0.15, 0.2) is 10.3 Å². The maximum Gasteiger partial charge on any atom is 0.257 e. The van der Waals surface area contributed by atoms with Gasteiger partial charge < -0.3 is 10.6 Å². The second-order valence-electron chi connectivity index (χ2n) is 4.78. The first-order valence-electron chi connectivity index (χ1n) is 6.95. The molecule has 0 spiro atoms. The number of thiazole rings is 1. The van der Waals surface area contributed by atoms with Gasteiger partial charge in [0, 0.05) is 10.9 Å². The number of amidine groups is 1. The Morgan fingerprint density at radius 1 is 1.29 bits per heavy atom.